The van der Waals surface area contributed by atoms with Crippen molar-refractivity contribution in [1.29, 1.82) is 0 Å². The fraction of sp³-hybridized carbons (Fsp3) is 0.415. The Labute approximate surface area is 403 Å². The van der Waals surface area contributed by atoms with Crippen molar-refractivity contribution in [1.82, 2.24) is 10.3 Å². The molecule has 1 aromatic heterocycles. The molecule has 2 heterocycles. The number of carbonyl (C=O) groups is 3. The summed E-state index contributed by atoms with van der Waals surface area (Å²) in [5.74, 6) is -1.04. The van der Waals surface area contributed by atoms with Crippen LogP contribution in [0.2, 0.25) is 0 Å². The average Bonchev–Trinajstić information content (AvgIpc) is 3.90. The van der Waals surface area contributed by atoms with E-state index < -0.39 is 53.4 Å². The largest absolute Gasteiger partial charge is 0.496 e. The molecule has 4 fully saturated rings. The molecule has 9 rings (SSSR count). The Hall–Kier alpha value is -6.03. The minimum Gasteiger partial charge on any atom is -0.496 e. The van der Waals surface area contributed by atoms with Gasteiger partial charge in [-0.15, -0.1) is 11.3 Å². The highest BCUT2D eigenvalue weighted by Crippen LogP contribution is 2.65. The van der Waals surface area contributed by atoms with Crippen molar-refractivity contribution in [3.63, 3.8) is 0 Å². The van der Waals surface area contributed by atoms with E-state index in [0.717, 1.165) is 40.9 Å². The number of anilines is 1. The Bertz CT molecular complexity index is 2550. The van der Waals surface area contributed by atoms with E-state index >= 15 is 4.79 Å². The van der Waals surface area contributed by atoms with Crippen molar-refractivity contribution < 1.29 is 42.7 Å². The van der Waals surface area contributed by atoms with Gasteiger partial charge >= 0.3 is 19.2 Å². The molecule has 4 unspecified atom stereocenters. The van der Waals surface area contributed by atoms with Gasteiger partial charge < -0.3 is 33.7 Å². The third-order valence-electron chi connectivity index (χ3n) is 13.4. The molecule has 0 spiro atoms. The van der Waals surface area contributed by atoms with Crippen LogP contribution in [0.5, 0.6) is 5.75 Å². The molecule has 4 aliphatic rings. The molecule has 68 heavy (non-hydrogen) atoms. The van der Waals surface area contributed by atoms with Crippen molar-refractivity contribution in [2.24, 2.45) is 22.4 Å². The summed E-state index contributed by atoms with van der Waals surface area (Å²) in [4.78, 5) is 53.6. The first-order chi connectivity index (χ1) is 32.2. The van der Waals surface area contributed by atoms with Crippen LogP contribution >= 0.6 is 11.3 Å². The standard InChI is InChI=1S/C53H61BN4O9S/c1-49(2,3)63-46(60)38-28-20-21-33(44(38)62-10)29-42(54-65-41-31-37-30-40(51(37,7)8)52(41,9)66-54)56-45(59)43(39-32-68-47(55-39)57-48(61)64-50(4,5)6)58-67-53(34-22-14-11-15-23-34,35-24-16-12-17-25-35)36-26-18-13-19-27-36/h11-28,32,37,40-42H,29-31H2,1-10H3,(H,56,59)(H,55,57,61)/b58-43-/t37?,40?,41?,42-,52?/m0/s1. The number of amides is 2. The zero-order chi connectivity index (χ0) is 48.6. The maximum Gasteiger partial charge on any atom is 0.482 e. The Morgan fingerprint density at radius 1 is 0.824 bits per heavy atom. The molecule has 5 aromatic rings. The number of methoxy groups -OCH3 is 1. The summed E-state index contributed by atoms with van der Waals surface area (Å²) >= 11 is 1.10. The van der Waals surface area contributed by atoms with Crippen molar-refractivity contribution in [2.75, 3.05) is 12.4 Å². The van der Waals surface area contributed by atoms with Crippen molar-refractivity contribution >= 4 is 47.3 Å². The number of aromatic nitrogens is 1. The van der Waals surface area contributed by atoms with Crippen LogP contribution in [-0.2, 0) is 40.4 Å². The van der Waals surface area contributed by atoms with E-state index in [1.807, 2.05) is 97.1 Å². The summed E-state index contributed by atoms with van der Waals surface area (Å²) in [6.45, 7) is 17.4. The summed E-state index contributed by atoms with van der Waals surface area (Å²) in [5, 5.41) is 12.5. The lowest BCUT2D eigenvalue weighted by atomic mass is 9.43. The smallest absolute Gasteiger partial charge is 0.482 e. The average molecular weight is 941 g/mol. The van der Waals surface area contributed by atoms with Gasteiger partial charge in [0, 0.05) is 22.1 Å². The number of carbonyl (C=O) groups excluding carboxylic acids is 3. The van der Waals surface area contributed by atoms with E-state index in [-0.39, 0.29) is 46.0 Å². The van der Waals surface area contributed by atoms with Gasteiger partial charge in [-0.1, -0.05) is 122 Å². The van der Waals surface area contributed by atoms with Crippen LogP contribution in [0.3, 0.4) is 0 Å². The fourth-order valence-electron chi connectivity index (χ4n) is 10.1. The molecule has 5 atom stereocenters. The number of thiazole rings is 1. The molecule has 13 nitrogen and oxygen atoms in total. The van der Waals surface area contributed by atoms with Gasteiger partial charge in [0.1, 0.15) is 28.2 Å². The van der Waals surface area contributed by atoms with Crippen LogP contribution in [0.15, 0.2) is 120 Å². The number of rotatable bonds is 14. The van der Waals surface area contributed by atoms with Gasteiger partial charge in [-0.3, -0.25) is 10.1 Å². The molecule has 4 aromatic carbocycles. The molecule has 2 bridgehead atoms. The molecule has 2 N–H and O–H groups in total. The molecule has 3 saturated carbocycles. The minimum absolute atomic E-state index is 0.0583. The second-order valence-corrected chi connectivity index (χ2v) is 21.5. The van der Waals surface area contributed by atoms with Crippen molar-refractivity contribution in [3.05, 3.63) is 148 Å². The maximum absolute atomic E-state index is 15.4. The van der Waals surface area contributed by atoms with Gasteiger partial charge in [-0.05, 0) is 96.6 Å². The van der Waals surface area contributed by atoms with E-state index in [2.05, 4.69) is 31.4 Å². The minimum atomic E-state index is -1.35. The van der Waals surface area contributed by atoms with Gasteiger partial charge in [-0.2, -0.15) is 0 Å². The first-order valence-electron chi connectivity index (χ1n) is 23.1. The lowest BCUT2D eigenvalue weighted by molar-refractivity contribution is -0.199. The summed E-state index contributed by atoms with van der Waals surface area (Å²) < 4.78 is 31.1. The third kappa shape index (κ3) is 9.79. The summed E-state index contributed by atoms with van der Waals surface area (Å²) in [7, 11) is 0.581. The third-order valence-corrected chi connectivity index (χ3v) is 14.1. The SMILES string of the molecule is COc1c(C[C@H](NC(=O)/C(=N\OC(c2ccccc2)(c2ccccc2)c2ccccc2)c2csc(NC(=O)OC(C)(C)C)n2)B2OC3CC4CC(C4(C)C)C3(C)O2)cccc1C(=O)OC(C)(C)C. The van der Waals surface area contributed by atoms with E-state index in [1.54, 1.807) is 59.1 Å². The second-order valence-electron chi connectivity index (χ2n) is 20.6. The molecule has 1 saturated heterocycles. The summed E-state index contributed by atoms with van der Waals surface area (Å²) in [6, 6.07) is 34.3. The van der Waals surface area contributed by atoms with Gasteiger partial charge in [0.25, 0.3) is 5.91 Å². The predicted octanol–water partition coefficient (Wildman–Crippen LogP) is 10.2. The summed E-state index contributed by atoms with van der Waals surface area (Å²) in [5.41, 5.74) is -0.373. The lowest BCUT2D eigenvalue weighted by Crippen LogP contribution is -2.65. The topological polar surface area (TPSA) is 156 Å². The Kier molecular flexibility index (Phi) is 13.4. The number of benzene rings is 4. The number of esters is 1. The van der Waals surface area contributed by atoms with E-state index in [4.69, 9.17) is 38.5 Å². The van der Waals surface area contributed by atoms with Gasteiger partial charge in [-0.25, -0.2) is 14.6 Å². The number of nitrogens with one attached hydrogen (secondary N) is 2. The van der Waals surface area contributed by atoms with Crippen molar-refractivity contribution in [2.45, 2.75) is 116 Å². The highest BCUT2D eigenvalue weighted by Gasteiger charge is 2.68. The van der Waals surface area contributed by atoms with Crippen LogP contribution in [0.25, 0.3) is 0 Å². The molecule has 2 amide bonds. The van der Waals surface area contributed by atoms with Crippen molar-refractivity contribution in [3.8, 4) is 5.75 Å². The zero-order valence-corrected chi connectivity index (χ0v) is 41.3. The number of para-hydroxylation sites is 1. The molecule has 0 radical (unpaired) electrons. The van der Waals surface area contributed by atoms with E-state index in [0.29, 0.717) is 17.2 Å². The van der Waals surface area contributed by atoms with Gasteiger partial charge in [0.15, 0.2) is 10.8 Å². The number of ether oxygens (including phenoxy) is 3. The molecule has 356 valence electrons. The molecule has 15 heteroatoms. The first-order valence-corrected chi connectivity index (χ1v) is 24.0. The first kappa shape index (κ1) is 48.4. The molecular weight excluding hydrogens is 879 g/mol. The maximum atomic E-state index is 15.4. The normalized spacial score (nSPS) is 21.4. The highest BCUT2D eigenvalue weighted by atomic mass is 32.1. The zero-order valence-electron chi connectivity index (χ0n) is 40.5. The molecule has 3 aliphatic carbocycles. The number of nitrogens with zero attached hydrogens (tertiary/aromatic N) is 2. The van der Waals surface area contributed by atoms with Crippen LogP contribution in [0, 0.1) is 17.3 Å². The van der Waals surface area contributed by atoms with Crippen LogP contribution in [0.4, 0.5) is 9.93 Å². The van der Waals surface area contributed by atoms with E-state index in [9.17, 15) is 9.59 Å². The monoisotopic (exact) mass is 940 g/mol. The van der Waals surface area contributed by atoms with E-state index in [1.165, 1.54) is 7.11 Å². The number of hydrogen-bond acceptors (Lipinski definition) is 12. The second kappa shape index (κ2) is 18.8. The Balaban J connectivity index is 1.23. The Morgan fingerprint density at radius 3 is 1.96 bits per heavy atom. The lowest BCUT2D eigenvalue weighted by Gasteiger charge is -2.64. The van der Waals surface area contributed by atoms with Gasteiger partial charge in [0.05, 0.1) is 24.8 Å². The summed E-state index contributed by atoms with van der Waals surface area (Å²) in [6.07, 6.45) is 1.06. The highest BCUT2D eigenvalue weighted by molar-refractivity contribution is 7.14. The van der Waals surface area contributed by atoms with Crippen LogP contribution in [0.1, 0.15) is 113 Å². The fourth-order valence-corrected chi connectivity index (χ4v) is 10.7. The number of hydrogen-bond donors (Lipinski definition) is 2. The van der Waals surface area contributed by atoms with Crippen LogP contribution in [-0.4, -0.2) is 71.7 Å². The number of oxime groups is 1. The predicted molar refractivity (Wildman–Crippen MR) is 263 cm³/mol. The molecule has 1 aliphatic heterocycles. The van der Waals surface area contributed by atoms with Crippen LogP contribution < -0.4 is 15.4 Å². The quantitative estimate of drug-likeness (QED) is 0.0361. The van der Waals surface area contributed by atoms with Gasteiger partial charge in [0.2, 0.25) is 5.60 Å². The Morgan fingerprint density at radius 2 is 1.41 bits per heavy atom. The molecular formula is C53H61BN4O9S.